The lowest BCUT2D eigenvalue weighted by Crippen LogP contribution is -2.35. The Morgan fingerprint density at radius 1 is 1.39 bits per heavy atom. The third kappa shape index (κ3) is 4.51. The fourth-order valence-electron chi connectivity index (χ4n) is 2.13. The summed E-state index contributed by atoms with van der Waals surface area (Å²) < 4.78 is 44.4. The van der Waals surface area contributed by atoms with Crippen LogP contribution in [0.25, 0.3) is 0 Å². The predicted octanol–water partition coefficient (Wildman–Crippen LogP) is 3.00. The molecule has 0 aliphatic heterocycles. The second-order valence-corrected chi connectivity index (χ2v) is 5.60. The van der Waals surface area contributed by atoms with Crippen LogP contribution in [-0.4, -0.2) is 30.9 Å². The number of carbonyl (C=O) groups excluding carboxylic acids is 1. The summed E-state index contributed by atoms with van der Waals surface area (Å²) in [6.45, 7) is 2.09. The highest BCUT2D eigenvalue weighted by Crippen LogP contribution is 2.44. The molecule has 0 saturated heterocycles. The lowest BCUT2D eigenvalue weighted by Gasteiger charge is -2.17. The van der Waals surface area contributed by atoms with Crippen LogP contribution in [0, 0.1) is 5.41 Å². The van der Waals surface area contributed by atoms with E-state index in [0.29, 0.717) is 0 Å². The molecule has 2 amide bonds. The molecule has 0 unspecified atom stereocenters. The minimum absolute atomic E-state index is 0.0515. The molecule has 1 aromatic carbocycles. The molecule has 3 N–H and O–H groups in total. The summed E-state index contributed by atoms with van der Waals surface area (Å²) in [7, 11) is 0. The van der Waals surface area contributed by atoms with Crippen molar-refractivity contribution in [1.82, 2.24) is 5.32 Å². The molecular formula is C15H19F3N2O3. The van der Waals surface area contributed by atoms with Crippen molar-refractivity contribution < 1.29 is 27.8 Å². The van der Waals surface area contributed by atoms with E-state index >= 15 is 0 Å². The van der Waals surface area contributed by atoms with Gasteiger partial charge in [-0.05, 0) is 38.0 Å². The number of ether oxygens (including phenoxy) is 1. The monoisotopic (exact) mass is 332 g/mol. The minimum Gasteiger partial charge on any atom is -0.494 e. The van der Waals surface area contributed by atoms with E-state index in [4.69, 9.17) is 9.84 Å². The maximum absolute atomic E-state index is 13.1. The van der Waals surface area contributed by atoms with Gasteiger partial charge in [0.25, 0.3) is 0 Å². The predicted molar refractivity (Wildman–Crippen MR) is 78.4 cm³/mol. The number of amides is 2. The lowest BCUT2D eigenvalue weighted by molar-refractivity contribution is -0.137. The fourth-order valence-corrected chi connectivity index (χ4v) is 2.13. The molecule has 8 heteroatoms. The first-order valence-electron chi connectivity index (χ1n) is 7.29. The summed E-state index contributed by atoms with van der Waals surface area (Å²) >= 11 is 0. The maximum Gasteiger partial charge on any atom is 0.418 e. The molecule has 2 rings (SSSR count). The topological polar surface area (TPSA) is 70.6 Å². The molecule has 1 aromatic rings. The van der Waals surface area contributed by atoms with Crippen molar-refractivity contribution in [3.8, 4) is 5.75 Å². The molecular weight excluding hydrogens is 313 g/mol. The number of carbonyl (C=O) groups is 1. The van der Waals surface area contributed by atoms with Crippen LogP contribution in [0.15, 0.2) is 18.2 Å². The summed E-state index contributed by atoms with van der Waals surface area (Å²) in [6, 6.07) is 2.64. The van der Waals surface area contributed by atoms with E-state index in [-0.39, 0.29) is 36.6 Å². The Labute approximate surface area is 131 Å². The summed E-state index contributed by atoms with van der Waals surface area (Å²) in [6.07, 6.45) is -3.03. The van der Waals surface area contributed by atoms with E-state index in [1.165, 1.54) is 6.07 Å². The number of halogens is 3. The molecule has 0 bridgehead atoms. The molecule has 1 fully saturated rings. The molecule has 23 heavy (non-hydrogen) atoms. The van der Waals surface area contributed by atoms with E-state index < -0.39 is 17.8 Å². The average molecular weight is 332 g/mol. The van der Waals surface area contributed by atoms with Crippen LogP contribution in [0.2, 0.25) is 0 Å². The van der Waals surface area contributed by atoms with Crippen molar-refractivity contribution in [1.29, 1.82) is 0 Å². The van der Waals surface area contributed by atoms with Crippen LogP contribution < -0.4 is 15.4 Å². The molecule has 1 aliphatic rings. The van der Waals surface area contributed by atoms with Gasteiger partial charge < -0.3 is 20.5 Å². The smallest absolute Gasteiger partial charge is 0.418 e. The number of benzene rings is 1. The number of urea groups is 1. The molecule has 0 spiro atoms. The Balaban J connectivity index is 2.07. The summed E-state index contributed by atoms with van der Waals surface area (Å²) in [5.74, 6) is 0.0861. The molecule has 1 saturated carbocycles. The van der Waals surface area contributed by atoms with Gasteiger partial charge in [0.15, 0.2) is 0 Å². The van der Waals surface area contributed by atoms with Crippen LogP contribution in [0.3, 0.4) is 0 Å². The Kier molecular flexibility index (Phi) is 5.03. The van der Waals surface area contributed by atoms with Crippen molar-refractivity contribution >= 4 is 11.7 Å². The Bertz CT molecular complexity index is 572. The van der Waals surface area contributed by atoms with Crippen molar-refractivity contribution in [2.45, 2.75) is 25.9 Å². The second kappa shape index (κ2) is 6.66. The van der Waals surface area contributed by atoms with Gasteiger partial charge in [0, 0.05) is 12.0 Å². The normalized spacial score (nSPS) is 15.9. The molecule has 0 atom stereocenters. The largest absolute Gasteiger partial charge is 0.494 e. The van der Waals surface area contributed by atoms with Crippen molar-refractivity contribution in [3.05, 3.63) is 23.8 Å². The number of hydrogen-bond donors (Lipinski definition) is 3. The first-order valence-corrected chi connectivity index (χ1v) is 7.29. The number of anilines is 1. The minimum atomic E-state index is -4.61. The van der Waals surface area contributed by atoms with Crippen LogP contribution in [-0.2, 0) is 6.18 Å². The van der Waals surface area contributed by atoms with Gasteiger partial charge in [-0.3, -0.25) is 0 Å². The van der Waals surface area contributed by atoms with Crippen LogP contribution in [0.4, 0.5) is 23.7 Å². The van der Waals surface area contributed by atoms with Crippen LogP contribution >= 0.6 is 0 Å². The van der Waals surface area contributed by atoms with E-state index in [2.05, 4.69) is 10.6 Å². The van der Waals surface area contributed by atoms with E-state index in [1.807, 2.05) is 0 Å². The summed E-state index contributed by atoms with van der Waals surface area (Å²) in [4.78, 5) is 11.8. The molecule has 1 aliphatic carbocycles. The van der Waals surface area contributed by atoms with Gasteiger partial charge in [-0.25, -0.2) is 4.79 Å². The van der Waals surface area contributed by atoms with Gasteiger partial charge in [-0.2, -0.15) is 13.2 Å². The zero-order chi connectivity index (χ0) is 17.1. The first-order chi connectivity index (χ1) is 10.8. The van der Waals surface area contributed by atoms with Gasteiger partial charge in [0.1, 0.15) is 5.75 Å². The van der Waals surface area contributed by atoms with E-state index in [1.54, 1.807) is 6.92 Å². The zero-order valence-corrected chi connectivity index (χ0v) is 12.7. The van der Waals surface area contributed by atoms with Crippen molar-refractivity contribution in [2.24, 2.45) is 5.41 Å². The van der Waals surface area contributed by atoms with Gasteiger partial charge in [-0.1, -0.05) is 0 Å². The number of hydrogen-bond acceptors (Lipinski definition) is 3. The number of nitrogens with one attached hydrogen (secondary N) is 2. The lowest BCUT2D eigenvalue weighted by atomic mass is 10.1. The standard InChI is InChI=1S/C15H19F3N2O3/c1-2-23-10-3-4-12(11(7-10)15(16,17)18)20-13(22)19-8-14(9-21)5-6-14/h3-4,7,21H,2,5-6,8-9H2,1H3,(H2,19,20,22). The summed E-state index contributed by atoms with van der Waals surface area (Å²) in [5, 5.41) is 13.9. The third-order valence-electron chi connectivity index (χ3n) is 3.77. The molecule has 128 valence electrons. The van der Waals surface area contributed by atoms with Gasteiger partial charge in [-0.15, -0.1) is 0 Å². The fraction of sp³-hybridized carbons (Fsp3) is 0.533. The van der Waals surface area contributed by atoms with Crippen LogP contribution in [0.1, 0.15) is 25.3 Å². The SMILES string of the molecule is CCOc1ccc(NC(=O)NCC2(CO)CC2)c(C(F)(F)F)c1. The Morgan fingerprint density at radius 3 is 2.61 bits per heavy atom. The average Bonchev–Trinajstić information content (AvgIpc) is 3.27. The zero-order valence-electron chi connectivity index (χ0n) is 12.7. The van der Waals surface area contributed by atoms with E-state index in [9.17, 15) is 18.0 Å². The van der Waals surface area contributed by atoms with Crippen molar-refractivity contribution in [3.63, 3.8) is 0 Å². The van der Waals surface area contributed by atoms with Gasteiger partial charge in [0.05, 0.1) is 24.5 Å². The first kappa shape index (κ1) is 17.4. The molecule has 5 nitrogen and oxygen atoms in total. The number of alkyl halides is 3. The second-order valence-electron chi connectivity index (χ2n) is 5.60. The highest BCUT2D eigenvalue weighted by Gasteiger charge is 2.42. The maximum atomic E-state index is 13.1. The Hall–Kier alpha value is -1.96. The highest BCUT2D eigenvalue weighted by atomic mass is 19.4. The van der Waals surface area contributed by atoms with Crippen molar-refractivity contribution in [2.75, 3.05) is 25.1 Å². The van der Waals surface area contributed by atoms with E-state index in [0.717, 1.165) is 25.0 Å². The highest BCUT2D eigenvalue weighted by molar-refractivity contribution is 5.90. The summed E-state index contributed by atoms with van der Waals surface area (Å²) in [5.41, 5.74) is -1.63. The number of aliphatic hydroxyl groups is 1. The molecule has 0 radical (unpaired) electrons. The number of rotatable bonds is 6. The Morgan fingerprint density at radius 2 is 2.09 bits per heavy atom. The molecule has 0 heterocycles. The molecule has 0 aromatic heterocycles. The number of aliphatic hydroxyl groups excluding tert-OH is 1. The third-order valence-corrected chi connectivity index (χ3v) is 3.77. The van der Waals surface area contributed by atoms with Gasteiger partial charge in [0.2, 0.25) is 0 Å². The van der Waals surface area contributed by atoms with Gasteiger partial charge >= 0.3 is 12.2 Å². The van der Waals surface area contributed by atoms with Crippen LogP contribution in [0.5, 0.6) is 5.75 Å². The quantitative estimate of drug-likeness (QED) is 0.750.